The molecule has 0 fully saturated rings. The average Bonchev–Trinajstić information content (AvgIpc) is 2.70. The molecule has 1 aromatic heterocycles. The molecule has 0 aliphatic heterocycles. The Bertz CT molecular complexity index is 442. The van der Waals surface area contributed by atoms with Gasteiger partial charge in [0.15, 0.2) is 0 Å². The molecule has 1 atom stereocenters. The molecule has 0 saturated carbocycles. The Morgan fingerprint density at radius 2 is 2.35 bits per heavy atom. The van der Waals surface area contributed by atoms with E-state index in [1.54, 1.807) is 30.5 Å². The fraction of sp³-hybridized carbons (Fsp3) is 0.273. The third kappa shape index (κ3) is 4.32. The van der Waals surface area contributed by atoms with Crippen LogP contribution in [-0.4, -0.2) is 23.0 Å². The highest BCUT2D eigenvalue weighted by atomic mass is 79.9. The van der Waals surface area contributed by atoms with Crippen molar-refractivity contribution in [1.82, 2.24) is 5.32 Å². The minimum absolute atomic E-state index is 0.281. The summed E-state index contributed by atoms with van der Waals surface area (Å²) in [6.45, 7) is 1.80. The lowest BCUT2D eigenvalue weighted by atomic mass is 10.2. The van der Waals surface area contributed by atoms with Crippen LogP contribution in [0.3, 0.4) is 0 Å². The lowest BCUT2D eigenvalue weighted by molar-refractivity contribution is -0.139. The first kappa shape index (κ1) is 13.9. The number of allylic oxidation sites excluding steroid dienone is 1. The lowest BCUT2D eigenvalue weighted by Gasteiger charge is -2.11. The van der Waals surface area contributed by atoms with Crippen molar-refractivity contribution in [2.24, 2.45) is 0 Å². The van der Waals surface area contributed by atoms with Crippen LogP contribution >= 0.6 is 27.3 Å². The van der Waals surface area contributed by atoms with Crippen LogP contribution in [0.4, 0.5) is 0 Å². The zero-order valence-corrected chi connectivity index (χ0v) is 11.5. The number of amides is 1. The third-order valence-electron chi connectivity index (χ3n) is 2.04. The molecule has 92 valence electrons. The minimum Gasteiger partial charge on any atom is -0.480 e. The van der Waals surface area contributed by atoms with Crippen molar-refractivity contribution in [1.29, 1.82) is 0 Å². The standard InChI is InChI=1S/C11H12BrNO3S/c1-2-3-4-8(11(15)16)13-10(14)7-5-9(12)17-6-7/h2-3,5-6,8H,4H2,1H3,(H,13,14)(H,15,16)/b3-2+. The first-order valence-electron chi connectivity index (χ1n) is 4.93. The van der Waals surface area contributed by atoms with Crippen molar-refractivity contribution in [3.05, 3.63) is 32.9 Å². The second-order valence-corrected chi connectivity index (χ2v) is 5.60. The molecule has 1 rings (SSSR count). The molecule has 1 unspecified atom stereocenters. The van der Waals surface area contributed by atoms with Gasteiger partial charge in [-0.2, -0.15) is 0 Å². The highest BCUT2D eigenvalue weighted by Crippen LogP contribution is 2.20. The van der Waals surface area contributed by atoms with Gasteiger partial charge >= 0.3 is 5.97 Å². The predicted molar refractivity (Wildman–Crippen MR) is 70.3 cm³/mol. The number of rotatable bonds is 5. The molecule has 0 spiro atoms. The van der Waals surface area contributed by atoms with E-state index in [1.165, 1.54) is 11.3 Å². The number of thiophene rings is 1. The van der Waals surface area contributed by atoms with Gasteiger partial charge in [-0.25, -0.2) is 4.79 Å². The number of hydrogen-bond acceptors (Lipinski definition) is 3. The fourth-order valence-electron chi connectivity index (χ4n) is 1.16. The van der Waals surface area contributed by atoms with E-state index in [1.807, 2.05) is 0 Å². The molecule has 1 aromatic rings. The molecule has 4 nitrogen and oxygen atoms in total. The maximum absolute atomic E-state index is 11.7. The zero-order chi connectivity index (χ0) is 12.8. The summed E-state index contributed by atoms with van der Waals surface area (Å²) in [6.07, 6.45) is 3.74. The monoisotopic (exact) mass is 317 g/mol. The summed E-state index contributed by atoms with van der Waals surface area (Å²) in [5.41, 5.74) is 0.466. The minimum atomic E-state index is -1.04. The molecule has 0 aliphatic rings. The van der Waals surface area contributed by atoms with E-state index in [0.717, 1.165) is 3.79 Å². The highest BCUT2D eigenvalue weighted by molar-refractivity contribution is 9.11. The molecular weight excluding hydrogens is 306 g/mol. The average molecular weight is 318 g/mol. The zero-order valence-electron chi connectivity index (χ0n) is 9.14. The number of carbonyl (C=O) groups is 2. The van der Waals surface area contributed by atoms with Crippen LogP contribution < -0.4 is 5.32 Å². The summed E-state index contributed by atoms with van der Waals surface area (Å²) in [7, 11) is 0. The number of aliphatic carboxylic acids is 1. The molecule has 0 aliphatic carbocycles. The SMILES string of the molecule is C/C=C/CC(NC(=O)c1csc(Br)c1)C(=O)O. The normalized spacial score (nSPS) is 12.6. The first-order chi connectivity index (χ1) is 8.04. The van der Waals surface area contributed by atoms with Crippen LogP contribution in [0.15, 0.2) is 27.4 Å². The van der Waals surface area contributed by atoms with Crippen LogP contribution in [0.25, 0.3) is 0 Å². The Kier molecular flexibility index (Phi) is 5.37. The van der Waals surface area contributed by atoms with Gasteiger partial charge in [-0.1, -0.05) is 12.2 Å². The number of carboxylic acid groups (broad SMARTS) is 1. The van der Waals surface area contributed by atoms with Crippen LogP contribution in [0.1, 0.15) is 23.7 Å². The van der Waals surface area contributed by atoms with Crippen LogP contribution in [0.2, 0.25) is 0 Å². The molecular formula is C11H12BrNO3S. The molecule has 0 saturated heterocycles. The van der Waals surface area contributed by atoms with E-state index >= 15 is 0 Å². The number of carbonyl (C=O) groups excluding carboxylic acids is 1. The Hall–Kier alpha value is -1.14. The summed E-state index contributed by atoms with van der Waals surface area (Å²) >= 11 is 4.63. The Morgan fingerprint density at radius 1 is 1.65 bits per heavy atom. The Balaban J connectivity index is 2.67. The van der Waals surface area contributed by atoms with Gasteiger partial charge in [-0.3, -0.25) is 4.79 Å². The molecule has 0 aromatic carbocycles. The second-order valence-electron chi connectivity index (χ2n) is 3.31. The lowest BCUT2D eigenvalue weighted by Crippen LogP contribution is -2.40. The van der Waals surface area contributed by atoms with Gasteiger partial charge < -0.3 is 10.4 Å². The summed E-state index contributed by atoms with van der Waals surface area (Å²) in [6, 6.07) is 0.770. The number of hydrogen-bond donors (Lipinski definition) is 2. The Labute approximate surface area is 111 Å². The van der Waals surface area contributed by atoms with E-state index in [-0.39, 0.29) is 12.3 Å². The van der Waals surface area contributed by atoms with Gasteiger partial charge in [0.2, 0.25) is 0 Å². The largest absolute Gasteiger partial charge is 0.480 e. The van der Waals surface area contributed by atoms with Crippen molar-refractivity contribution in [2.75, 3.05) is 0 Å². The molecule has 6 heteroatoms. The molecule has 2 N–H and O–H groups in total. The van der Waals surface area contributed by atoms with Crippen LogP contribution in [0.5, 0.6) is 0 Å². The van der Waals surface area contributed by atoms with Gasteiger partial charge in [0.25, 0.3) is 5.91 Å². The summed E-state index contributed by atoms with van der Waals surface area (Å²) in [5.74, 6) is -1.41. The summed E-state index contributed by atoms with van der Waals surface area (Å²) in [5, 5.41) is 13.1. The van der Waals surface area contributed by atoms with E-state index in [4.69, 9.17) is 5.11 Å². The van der Waals surface area contributed by atoms with Crippen molar-refractivity contribution in [2.45, 2.75) is 19.4 Å². The maximum atomic E-state index is 11.7. The van der Waals surface area contributed by atoms with Gasteiger partial charge in [0.05, 0.1) is 9.35 Å². The molecule has 1 amide bonds. The molecule has 0 bridgehead atoms. The van der Waals surface area contributed by atoms with E-state index in [9.17, 15) is 9.59 Å². The number of carboxylic acids is 1. The van der Waals surface area contributed by atoms with Crippen LogP contribution in [-0.2, 0) is 4.79 Å². The fourth-order valence-corrected chi connectivity index (χ4v) is 2.30. The molecule has 17 heavy (non-hydrogen) atoms. The van der Waals surface area contributed by atoms with Crippen molar-refractivity contribution >= 4 is 39.1 Å². The smallest absolute Gasteiger partial charge is 0.326 e. The van der Waals surface area contributed by atoms with Crippen LogP contribution in [0, 0.1) is 0 Å². The molecule has 0 radical (unpaired) electrons. The van der Waals surface area contributed by atoms with Gasteiger partial charge in [-0.05, 0) is 35.3 Å². The number of nitrogens with one attached hydrogen (secondary N) is 1. The van der Waals surface area contributed by atoms with E-state index in [2.05, 4.69) is 21.2 Å². The first-order valence-corrected chi connectivity index (χ1v) is 6.60. The Morgan fingerprint density at radius 3 is 2.82 bits per heavy atom. The second kappa shape index (κ2) is 6.56. The van der Waals surface area contributed by atoms with Crippen molar-refractivity contribution in [3.63, 3.8) is 0 Å². The van der Waals surface area contributed by atoms with Gasteiger partial charge in [0, 0.05) is 5.38 Å². The maximum Gasteiger partial charge on any atom is 0.326 e. The third-order valence-corrected chi connectivity index (χ3v) is 3.55. The van der Waals surface area contributed by atoms with E-state index < -0.39 is 12.0 Å². The quantitative estimate of drug-likeness (QED) is 0.820. The summed E-state index contributed by atoms with van der Waals surface area (Å²) in [4.78, 5) is 22.6. The summed E-state index contributed by atoms with van der Waals surface area (Å²) < 4.78 is 0.836. The predicted octanol–water partition coefficient (Wildman–Crippen LogP) is 2.66. The van der Waals surface area contributed by atoms with Gasteiger partial charge in [0.1, 0.15) is 6.04 Å². The van der Waals surface area contributed by atoms with Gasteiger partial charge in [-0.15, -0.1) is 11.3 Å². The topological polar surface area (TPSA) is 66.4 Å². The molecule has 1 heterocycles. The number of halogens is 1. The highest BCUT2D eigenvalue weighted by Gasteiger charge is 2.19. The van der Waals surface area contributed by atoms with E-state index in [0.29, 0.717) is 5.56 Å². The van der Waals surface area contributed by atoms with Crippen molar-refractivity contribution < 1.29 is 14.7 Å². The van der Waals surface area contributed by atoms with Crippen molar-refractivity contribution in [3.8, 4) is 0 Å².